The fourth-order valence-electron chi connectivity index (χ4n) is 1.24. The van der Waals surface area contributed by atoms with E-state index in [1.54, 1.807) is 0 Å². The minimum atomic E-state index is -4.12. The molecule has 1 N–H and O–H groups in total. The minimum absolute atomic E-state index is 0.0980. The van der Waals surface area contributed by atoms with Crippen molar-refractivity contribution in [3.05, 3.63) is 29.6 Å². The molecule has 0 aliphatic carbocycles. The molecule has 7 heteroatoms. The quantitative estimate of drug-likeness (QED) is 0.802. The van der Waals surface area contributed by atoms with E-state index < -0.39 is 24.7 Å². The molecule has 18 heavy (non-hydrogen) atoms. The second-order valence-corrected chi connectivity index (χ2v) is 3.62. The van der Waals surface area contributed by atoms with Gasteiger partial charge in [-0.15, -0.1) is 0 Å². The summed E-state index contributed by atoms with van der Waals surface area (Å²) in [4.78, 5) is 0. The number of benzene rings is 1. The van der Waals surface area contributed by atoms with E-state index >= 15 is 0 Å². The van der Waals surface area contributed by atoms with E-state index in [1.807, 2.05) is 0 Å². The minimum Gasteiger partial charge on any atom is -0.497 e. The molecular formula is C11H12F5NO. The molecule has 0 heterocycles. The van der Waals surface area contributed by atoms with Gasteiger partial charge in [-0.3, -0.25) is 0 Å². The Morgan fingerprint density at radius 2 is 2.00 bits per heavy atom. The molecule has 102 valence electrons. The number of rotatable bonds is 6. The smallest absolute Gasteiger partial charge is 0.319 e. The van der Waals surface area contributed by atoms with Crippen LogP contribution in [0.2, 0.25) is 0 Å². The SMILES string of the molecule is COc1ccc(CNCC(F)(F)C(F)F)c(F)c1. The Morgan fingerprint density at radius 1 is 1.33 bits per heavy atom. The zero-order chi connectivity index (χ0) is 13.8. The molecule has 0 aromatic heterocycles. The van der Waals surface area contributed by atoms with E-state index in [0.29, 0.717) is 0 Å². The van der Waals surface area contributed by atoms with Crippen molar-refractivity contribution in [2.24, 2.45) is 0 Å². The van der Waals surface area contributed by atoms with Crippen LogP contribution in [0, 0.1) is 5.82 Å². The first-order valence-electron chi connectivity index (χ1n) is 5.06. The maximum Gasteiger partial charge on any atom is 0.319 e. The molecule has 0 bridgehead atoms. The largest absolute Gasteiger partial charge is 0.497 e. The molecular weight excluding hydrogens is 257 g/mol. The van der Waals surface area contributed by atoms with Crippen molar-refractivity contribution in [1.29, 1.82) is 0 Å². The van der Waals surface area contributed by atoms with Crippen LogP contribution in [0.4, 0.5) is 22.0 Å². The normalized spacial score (nSPS) is 11.9. The predicted octanol–water partition coefficient (Wildman–Crippen LogP) is 2.82. The molecule has 0 fully saturated rings. The van der Waals surface area contributed by atoms with Crippen LogP contribution in [0.25, 0.3) is 0 Å². The molecule has 2 nitrogen and oxygen atoms in total. The van der Waals surface area contributed by atoms with Crippen molar-refractivity contribution in [3.63, 3.8) is 0 Å². The number of alkyl halides is 4. The zero-order valence-corrected chi connectivity index (χ0v) is 9.52. The molecule has 0 aliphatic rings. The van der Waals surface area contributed by atoms with Crippen LogP contribution < -0.4 is 10.1 Å². The van der Waals surface area contributed by atoms with E-state index in [1.165, 1.54) is 19.2 Å². The molecule has 1 aromatic carbocycles. The third kappa shape index (κ3) is 3.83. The van der Waals surface area contributed by atoms with Gasteiger partial charge in [-0.25, -0.2) is 13.2 Å². The second kappa shape index (κ2) is 5.99. The summed E-state index contributed by atoms with van der Waals surface area (Å²) < 4.78 is 66.9. The van der Waals surface area contributed by atoms with Gasteiger partial charge in [-0.05, 0) is 6.07 Å². The van der Waals surface area contributed by atoms with Crippen molar-refractivity contribution < 1.29 is 26.7 Å². The molecule has 0 unspecified atom stereocenters. The van der Waals surface area contributed by atoms with E-state index in [-0.39, 0.29) is 17.9 Å². The molecule has 0 radical (unpaired) electrons. The molecule has 0 amide bonds. The molecule has 0 aliphatic heterocycles. The van der Waals surface area contributed by atoms with E-state index in [9.17, 15) is 22.0 Å². The summed E-state index contributed by atoms with van der Waals surface area (Å²) in [5, 5.41) is 2.09. The first kappa shape index (κ1) is 14.7. The summed E-state index contributed by atoms with van der Waals surface area (Å²) in [6, 6.07) is 3.87. The number of ether oxygens (including phenoxy) is 1. The maximum absolute atomic E-state index is 13.4. The number of hydrogen-bond acceptors (Lipinski definition) is 2. The van der Waals surface area contributed by atoms with Gasteiger partial charge in [-0.1, -0.05) is 6.07 Å². The van der Waals surface area contributed by atoms with Crippen molar-refractivity contribution >= 4 is 0 Å². The first-order chi connectivity index (χ1) is 8.36. The van der Waals surface area contributed by atoms with E-state index in [2.05, 4.69) is 5.32 Å². The molecule has 0 atom stereocenters. The van der Waals surface area contributed by atoms with E-state index in [0.717, 1.165) is 6.07 Å². The van der Waals surface area contributed by atoms with Gasteiger partial charge in [0, 0.05) is 18.2 Å². The number of methoxy groups -OCH3 is 1. The molecule has 0 spiro atoms. The molecule has 1 aromatic rings. The second-order valence-electron chi connectivity index (χ2n) is 3.62. The number of nitrogens with one attached hydrogen (secondary N) is 1. The van der Waals surface area contributed by atoms with Gasteiger partial charge in [0.1, 0.15) is 11.6 Å². The number of hydrogen-bond donors (Lipinski definition) is 1. The highest BCUT2D eigenvalue weighted by molar-refractivity contribution is 5.28. The highest BCUT2D eigenvalue weighted by Gasteiger charge is 2.39. The number of halogens is 5. The predicted molar refractivity (Wildman–Crippen MR) is 55.6 cm³/mol. The van der Waals surface area contributed by atoms with Crippen LogP contribution in [0.5, 0.6) is 5.75 Å². The lowest BCUT2D eigenvalue weighted by Gasteiger charge is -2.16. The Hall–Kier alpha value is -1.37. The van der Waals surface area contributed by atoms with Crippen LogP contribution in [0.1, 0.15) is 5.56 Å². The van der Waals surface area contributed by atoms with Crippen molar-refractivity contribution in [3.8, 4) is 5.75 Å². The molecule has 1 rings (SSSR count). The Morgan fingerprint density at radius 3 is 2.50 bits per heavy atom. The lowest BCUT2D eigenvalue weighted by atomic mass is 10.2. The van der Waals surface area contributed by atoms with Gasteiger partial charge in [0.15, 0.2) is 0 Å². The van der Waals surface area contributed by atoms with Gasteiger partial charge in [-0.2, -0.15) is 8.78 Å². The Kier molecular flexibility index (Phi) is 4.89. The summed E-state index contributed by atoms with van der Waals surface area (Å²) in [6.07, 6.45) is -3.74. The molecule has 0 saturated heterocycles. The lowest BCUT2D eigenvalue weighted by molar-refractivity contribution is -0.125. The molecule has 0 saturated carbocycles. The van der Waals surface area contributed by atoms with Crippen LogP contribution in [-0.4, -0.2) is 26.0 Å². The van der Waals surface area contributed by atoms with Crippen LogP contribution in [-0.2, 0) is 6.54 Å². The first-order valence-corrected chi connectivity index (χ1v) is 5.06. The van der Waals surface area contributed by atoms with Gasteiger partial charge in [0.25, 0.3) is 0 Å². The van der Waals surface area contributed by atoms with Gasteiger partial charge >= 0.3 is 12.3 Å². The van der Waals surface area contributed by atoms with Crippen molar-refractivity contribution in [2.45, 2.75) is 18.9 Å². The standard InChI is InChI=1S/C11H12F5NO/c1-18-8-3-2-7(9(12)4-8)5-17-6-11(15,16)10(13)14/h2-4,10,17H,5-6H2,1H3. The third-order valence-electron chi connectivity index (χ3n) is 2.26. The van der Waals surface area contributed by atoms with Crippen LogP contribution in [0.15, 0.2) is 18.2 Å². The Bertz CT molecular complexity index is 397. The zero-order valence-electron chi connectivity index (χ0n) is 9.52. The fourth-order valence-corrected chi connectivity index (χ4v) is 1.24. The summed E-state index contributed by atoms with van der Waals surface area (Å²) >= 11 is 0. The summed E-state index contributed by atoms with van der Waals surface area (Å²) in [6.45, 7) is -1.48. The Balaban J connectivity index is 2.54. The lowest BCUT2D eigenvalue weighted by Crippen LogP contribution is -2.38. The topological polar surface area (TPSA) is 21.3 Å². The third-order valence-corrected chi connectivity index (χ3v) is 2.26. The van der Waals surface area contributed by atoms with Crippen LogP contribution in [0.3, 0.4) is 0 Å². The average molecular weight is 269 g/mol. The monoisotopic (exact) mass is 269 g/mol. The van der Waals surface area contributed by atoms with Crippen molar-refractivity contribution in [1.82, 2.24) is 5.32 Å². The van der Waals surface area contributed by atoms with Gasteiger partial charge in [0.05, 0.1) is 13.7 Å². The van der Waals surface area contributed by atoms with Gasteiger partial charge in [0.2, 0.25) is 0 Å². The summed E-state index contributed by atoms with van der Waals surface area (Å²) in [7, 11) is 1.36. The maximum atomic E-state index is 13.4. The average Bonchev–Trinajstić information content (AvgIpc) is 2.30. The highest BCUT2D eigenvalue weighted by Crippen LogP contribution is 2.22. The van der Waals surface area contributed by atoms with Gasteiger partial charge < -0.3 is 10.1 Å². The summed E-state index contributed by atoms with van der Waals surface area (Å²) in [5.74, 6) is -4.49. The Labute approximate surface area is 101 Å². The van der Waals surface area contributed by atoms with E-state index in [4.69, 9.17) is 4.74 Å². The fraction of sp³-hybridized carbons (Fsp3) is 0.455. The summed E-state index contributed by atoms with van der Waals surface area (Å²) in [5.41, 5.74) is 0.0980. The highest BCUT2D eigenvalue weighted by atomic mass is 19.3. The van der Waals surface area contributed by atoms with Crippen molar-refractivity contribution in [2.75, 3.05) is 13.7 Å². The van der Waals surface area contributed by atoms with Crippen LogP contribution >= 0.6 is 0 Å².